The van der Waals surface area contributed by atoms with E-state index < -0.39 is 11.0 Å². The molecule has 0 saturated carbocycles. The molecule has 0 atom stereocenters. The van der Waals surface area contributed by atoms with E-state index in [0.29, 0.717) is 0 Å². The van der Waals surface area contributed by atoms with E-state index in [2.05, 4.69) is 0 Å². The third-order valence-corrected chi connectivity index (χ3v) is 1.46. The van der Waals surface area contributed by atoms with Gasteiger partial charge in [-0.15, -0.1) is 0 Å². The number of rotatable bonds is 2. The van der Waals surface area contributed by atoms with Gasteiger partial charge >= 0.3 is 6.09 Å². The lowest BCUT2D eigenvalue weighted by Gasteiger charge is -2.02. The first-order valence-electron chi connectivity index (χ1n) is 3.54. The molecule has 0 heterocycles. The summed E-state index contributed by atoms with van der Waals surface area (Å²) in [5.41, 5.74) is 5.05. The van der Waals surface area contributed by atoms with Crippen molar-refractivity contribution < 1.29 is 14.8 Å². The Bertz CT molecular complexity index is 391. The quantitative estimate of drug-likeness (QED) is 0.374. The molecule has 74 valence electrons. The highest BCUT2D eigenvalue weighted by Gasteiger charge is 2.15. The van der Waals surface area contributed by atoms with Gasteiger partial charge < -0.3 is 10.8 Å². The van der Waals surface area contributed by atoms with Crippen molar-refractivity contribution in [2.45, 2.75) is 0 Å². The third kappa shape index (κ3) is 2.09. The first-order chi connectivity index (χ1) is 6.50. The number of nitrogens with zero attached hydrogens (tertiary/aromatic N) is 1. The Morgan fingerprint density at radius 2 is 2.21 bits per heavy atom. The lowest BCUT2D eigenvalue weighted by Crippen LogP contribution is -2.09. The second kappa shape index (κ2) is 3.60. The van der Waals surface area contributed by atoms with E-state index in [0.717, 1.165) is 6.07 Å². The Kier molecular flexibility index (Phi) is 2.52. The fourth-order valence-electron chi connectivity index (χ4n) is 0.921. The fourth-order valence-corrected chi connectivity index (χ4v) is 0.921. The molecule has 0 fully saturated rings. The Morgan fingerprint density at radius 1 is 1.57 bits per heavy atom. The van der Waals surface area contributed by atoms with Gasteiger partial charge in [0.05, 0.1) is 4.92 Å². The average molecular weight is 197 g/mol. The van der Waals surface area contributed by atoms with Crippen LogP contribution in [0.5, 0.6) is 0 Å². The summed E-state index contributed by atoms with van der Waals surface area (Å²) >= 11 is 0. The van der Waals surface area contributed by atoms with Gasteiger partial charge in [-0.05, 0) is 12.1 Å². The molecule has 0 aromatic heterocycles. The molecule has 7 nitrogen and oxygen atoms in total. The number of nitrogens with one attached hydrogen (secondary N) is 1. The average Bonchev–Trinajstić information content (AvgIpc) is 2.07. The standard InChI is InChI=1S/C7H7N3O4/c8-4-1-2-5(9-7(11)12)6(3-4)10(13)14/h1-3,9H,8H2,(H,11,12). The monoisotopic (exact) mass is 197 g/mol. The highest BCUT2D eigenvalue weighted by molar-refractivity contribution is 5.87. The van der Waals surface area contributed by atoms with Crippen molar-refractivity contribution in [1.82, 2.24) is 0 Å². The third-order valence-electron chi connectivity index (χ3n) is 1.46. The lowest BCUT2D eigenvalue weighted by atomic mass is 10.2. The molecule has 0 saturated heterocycles. The number of carbonyl (C=O) groups is 1. The molecule has 1 aromatic rings. The van der Waals surface area contributed by atoms with Crippen LogP contribution in [0.1, 0.15) is 0 Å². The molecule has 4 N–H and O–H groups in total. The van der Waals surface area contributed by atoms with E-state index in [1.807, 2.05) is 5.32 Å². The van der Waals surface area contributed by atoms with Gasteiger partial charge in [-0.25, -0.2) is 4.79 Å². The highest BCUT2D eigenvalue weighted by Crippen LogP contribution is 2.26. The highest BCUT2D eigenvalue weighted by atomic mass is 16.6. The molecule has 1 amide bonds. The summed E-state index contributed by atoms with van der Waals surface area (Å²) in [5.74, 6) is 0. The number of amides is 1. The van der Waals surface area contributed by atoms with Gasteiger partial charge in [-0.1, -0.05) is 0 Å². The van der Waals surface area contributed by atoms with E-state index in [1.165, 1.54) is 12.1 Å². The van der Waals surface area contributed by atoms with Crippen LogP contribution in [0.4, 0.5) is 21.9 Å². The SMILES string of the molecule is Nc1ccc(NC(=O)O)c([N+](=O)[O-])c1. The van der Waals surface area contributed by atoms with Crippen molar-refractivity contribution in [3.8, 4) is 0 Å². The number of hydrogen-bond acceptors (Lipinski definition) is 4. The van der Waals surface area contributed by atoms with Gasteiger partial charge in [-0.3, -0.25) is 15.4 Å². The summed E-state index contributed by atoms with van der Waals surface area (Å²) in [6, 6.07) is 3.70. The largest absolute Gasteiger partial charge is 0.465 e. The number of carboxylic acid groups (broad SMARTS) is 1. The van der Waals surface area contributed by atoms with Crippen LogP contribution in [0.15, 0.2) is 18.2 Å². The van der Waals surface area contributed by atoms with Crippen molar-refractivity contribution >= 4 is 23.2 Å². The van der Waals surface area contributed by atoms with Crippen molar-refractivity contribution in [3.63, 3.8) is 0 Å². The Labute approximate surface area is 78.3 Å². The molecule has 1 rings (SSSR count). The maximum Gasteiger partial charge on any atom is 0.409 e. The van der Waals surface area contributed by atoms with Gasteiger partial charge in [-0.2, -0.15) is 0 Å². The van der Waals surface area contributed by atoms with Gasteiger partial charge in [0.2, 0.25) is 0 Å². The molecule has 0 aliphatic carbocycles. The van der Waals surface area contributed by atoms with E-state index in [1.54, 1.807) is 0 Å². The molecule has 7 heteroatoms. The second-order valence-electron chi connectivity index (χ2n) is 2.46. The maximum atomic E-state index is 10.5. The molecule has 1 aromatic carbocycles. The summed E-state index contributed by atoms with van der Waals surface area (Å²) in [5, 5.41) is 20.8. The summed E-state index contributed by atoms with van der Waals surface area (Å²) < 4.78 is 0. The zero-order chi connectivity index (χ0) is 10.7. The van der Waals surface area contributed by atoms with E-state index in [-0.39, 0.29) is 17.1 Å². The van der Waals surface area contributed by atoms with Gasteiger partial charge in [0.15, 0.2) is 0 Å². The minimum absolute atomic E-state index is 0.100. The fraction of sp³-hybridized carbons (Fsp3) is 0. The molecule has 0 bridgehead atoms. The topological polar surface area (TPSA) is 118 Å². The molecular formula is C7H7N3O4. The minimum atomic E-state index is -1.36. The van der Waals surface area contributed by atoms with E-state index >= 15 is 0 Å². The Morgan fingerprint density at radius 3 is 2.71 bits per heavy atom. The van der Waals surface area contributed by atoms with Crippen LogP contribution in [0.3, 0.4) is 0 Å². The van der Waals surface area contributed by atoms with Gasteiger partial charge in [0.1, 0.15) is 5.69 Å². The second-order valence-corrected chi connectivity index (χ2v) is 2.46. The van der Waals surface area contributed by atoms with Crippen molar-refractivity contribution in [2.24, 2.45) is 0 Å². The van der Waals surface area contributed by atoms with Crippen molar-refractivity contribution in [2.75, 3.05) is 11.1 Å². The van der Waals surface area contributed by atoms with Crippen LogP contribution < -0.4 is 11.1 Å². The molecular weight excluding hydrogens is 190 g/mol. The zero-order valence-electron chi connectivity index (χ0n) is 6.93. The Hall–Kier alpha value is -2.31. The predicted octanol–water partition coefficient (Wildman–Crippen LogP) is 1.27. The zero-order valence-corrected chi connectivity index (χ0v) is 6.93. The minimum Gasteiger partial charge on any atom is -0.465 e. The normalized spacial score (nSPS) is 9.43. The van der Waals surface area contributed by atoms with Crippen LogP contribution >= 0.6 is 0 Å². The molecule has 14 heavy (non-hydrogen) atoms. The van der Waals surface area contributed by atoms with Crippen LogP contribution in [0.2, 0.25) is 0 Å². The molecule has 0 aliphatic rings. The predicted molar refractivity (Wildman–Crippen MR) is 49.2 cm³/mol. The number of anilines is 2. The summed E-state index contributed by atoms with van der Waals surface area (Å²) in [6.45, 7) is 0. The van der Waals surface area contributed by atoms with Crippen molar-refractivity contribution in [3.05, 3.63) is 28.3 Å². The molecule has 0 unspecified atom stereocenters. The number of hydrogen-bond donors (Lipinski definition) is 3. The number of nitrogens with two attached hydrogens (primary N) is 1. The summed E-state index contributed by atoms with van der Waals surface area (Å²) in [6.07, 6.45) is -1.36. The first kappa shape index (κ1) is 9.78. The van der Waals surface area contributed by atoms with E-state index in [4.69, 9.17) is 10.8 Å². The van der Waals surface area contributed by atoms with E-state index in [9.17, 15) is 14.9 Å². The molecule has 0 radical (unpaired) electrons. The smallest absolute Gasteiger partial charge is 0.409 e. The van der Waals surface area contributed by atoms with Crippen LogP contribution in [0, 0.1) is 10.1 Å². The number of nitro groups is 1. The van der Waals surface area contributed by atoms with Gasteiger partial charge in [0.25, 0.3) is 5.69 Å². The van der Waals surface area contributed by atoms with Gasteiger partial charge in [0, 0.05) is 11.8 Å². The Balaban J connectivity index is 3.14. The summed E-state index contributed by atoms with van der Waals surface area (Å²) in [7, 11) is 0. The van der Waals surface area contributed by atoms with Crippen LogP contribution in [-0.2, 0) is 0 Å². The first-order valence-corrected chi connectivity index (χ1v) is 3.54. The number of nitrogen functional groups attached to an aromatic ring is 1. The van der Waals surface area contributed by atoms with Crippen LogP contribution in [-0.4, -0.2) is 16.1 Å². The van der Waals surface area contributed by atoms with Crippen molar-refractivity contribution in [1.29, 1.82) is 0 Å². The lowest BCUT2D eigenvalue weighted by molar-refractivity contribution is -0.383. The number of nitro benzene ring substituents is 1. The number of benzene rings is 1. The van der Waals surface area contributed by atoms with Crippen LogP contribution in [0.25, 0.3) is 0 Å². The molecule has 0 spiro atoms. The summed E-state index contributed by atoms with van der Waals surface area (Å²) in [4.78, 5) is 20.0. The molecule has 0 aliphatic heterocycles. The maximum absolute atomic E-state index is 10.5.